The predicted octanol–water partition coefficient (Wildman–Crippen LogP) is 0.0427. The van der Waals surface area contributed by atoms with E-state index in [9.17, 15) is 9.59 Å². The number of likely N-dealkylation sites (N-methyl/N-ethyl adjacent to an activating group) is 1. The number of fused-ring (bicyclic) bond motifs is 1. The van der Waals surface area contributed by atoms with Gasteiger partial charge in [0.15, 0.2) is 0 Å². The van der Waals surface area contributed by atoms with Gasteiger partial charge in [-0.1, -0.05) is 18.2 Å². The Morgan fingerprint density at radius 3 is 3.06 bits per heavy atom. The third kappa shape index (κ3) is 2.16. The molecule has 2 amide bonds. The average Bonchev–Trinajstić information content (AvgIpc) is 2.34. The normalized spacial score (nSPS) is 22.3. The number of rotatable bonds is 2. The van der Waals surface area contributed by atoms with Crippen LogP contribution in [0.3, 0.4) is 0 Å². The van der Waals surface area contributed by atoms with Crippen molar-refractivity contribution in [2.75, 3.05) is 13.6 Å². The van der Waals surface area contributed by atoms with Crippen molar-refractivity contribution >= 4 is 34.9 Å². The van der Waals surface area contributed by atoms with Gasteiger partial charge in [0.25, 0.3) is 0 Å². The molecule has 1 aliphatic heterocycles. The molecule has 0 radical (unpaired) electrons. The maximum atomic E-state index is 12.1. The zero-order chi connectivity index (χ0) is 12.4. The average molecular weight is 249 g/mol. The third-order valence-corrected chi connectivity index (χ3v) is 2.88. The van der Waals surface area contributed by atoms with E-state index in [-0.39, 0.29) is 23.5 Å². The first kappa shape index (κ1) is 11.7. The van der Waals surface area contributed by atoms with Crippen LogP contribution in [0.2, 0.25) is 0 Å². The summed E-state index contributed by atoms with van der Waals surface area (Å²) >= 11 is 5.02. The molecule has 0 fully saturated rings. The zero-order valence-electron chi connectivity index (χ0n) is 9.21. The Labute approximate surface area is 104 Å². The first-order chi connectivity index (χ1) is 8.13. The molecule has 17 heavy (non-hydrogen) atoms. The van der Waals surface area contributed by atoms with Gasteiger partial charge in [-0.25, -0.2) is 4.99 Å². The SMILES string of the molecule is CNC(=O)CN1C(=O)C2C=CC=CC2=NC1=S. The van der Waals surface area contributed by atoms with Crippen molar-refractivity contribution in [1.29, 1.82) is 0 Å². The van der Waals surface area contributed by atoms with E-state index < -0.39 is 5.92 Å². The first-order valence-corrected chi connectivity index (χ1v) is 5.53. The topological polar surface area (TPSA) is 61.8 Å². The number of aliphatic imine (C=N–C) groups is 1. The van der Waals surface area contributed by atoms with Crippen LogP contribution in [0.1, 0.15) is 0 Å². The summed E-state index contributed by atoms with van der Waals surface area (Å²) in [6.45, 7) is -0.0843. The molecule has 0 bridgehead atoms. The Balaban J connectivity index is 2.26. The molecule has 0 aromatic carbocycles. The molecule has 1 unspecified atom stereocenters. The highest BCUT2D eigenvalue weighted by molar-refractivity contribution is 7.80. The first-order valence-electron chi connectivity index (χ1n) is 5.13. The van der Waals surface area contributed by atoms with Crippen LogP contribution in [-0.4, -0.2) is 41.1 Å². The fourth-order valence-corrected chi connectivity index (χ4v) is 1.91. The zero-order valence-corrected chi connectivity index (χ0v) is 10.0. The second kappa shape index (κ2) is 4.58. The highest BCUT2D eigenvalue weighted by Crippen LogP contribution is 2.19. The second-order valence-electron chi connectivity index (χ2n) is 3.64. The molecule has 1 heterocycles. The van der Waals surface area contributed by atoms with E-state index >= 15 is 0 Å². The van der Waals surface area contributed by atoms with Crippen LogP contribution < -0.4 is 5.32 Å². The van der Waals surface area contributed by atoms with E-state index in [1.807, 2.05) is 0 Å². The minimum Gasteiger partial charge on any atom is -0.358 e. The molecule has 2 aliphatic rings. The molecular weight excluding hydrogens is 238 g/mol. The number of nitrogens with one attached hydrogen (secondary N) is 1. The summed E-state index contributed by atoms with van der Waals surface area (Å²) in [6, 6.07) is 0. The number of hydrogen-bond acceptors (Lipinski definition) is 3. The molecule has 0 aromatic rings. The van der Waals surface area contributed by atoms with Crippen LogP contribution in [-0.2, 0) is 9.59 Å². The summed E-state index contributed by atoms with van der Waals surface area (Å²) in [5.41, 5.74) is 0.635. The Kier molecular flexibility index (Phi) is 3.14. The predicted molar refractivity (Wildman–Crippen MR) is 67.6 cm³/mol. The van der Waals surface area contributed by atoms with E-state index in [0.717, 1.165) is 0 Å². The summed E-state index contributed by atoms with van der Waals surface area (Å²) in [7, 11) is 1.51. The van der Waals surface area contributed by atoms with Gasteiger partial charge in [0.2, 0.25) is 16.9 Å². The van der Waals surface area contributed by atoms with Crippen molar-refractivity contribution in [2.45, 2.75) is 0 Å². The molecule has 2 rings (SSSR count). The van der Waals surface area contributed by atoms with Gasteiger partial charge in [-0.05, 0) is 18.3 Å². The largest absolute Gasteiger partial charge is 0.358 e. The summed E-state index contributed by atoms with van der Waals surface area (Å²) in [5, 5.41) is 2.60. The van der Waals surface area contributed by atoms with Crippen molar-refractivity contribution in [3.05, 3.63) is 24.3 Å². The quantitative estimate of drug-likeness (QED) is 0.703. The van der Waals surface area contributed by atoms with Crippen molar-refractivity contribution in [3.63, 3.8) is 0 Å². The number of carbonyl (C=O) groups excluding carboxylic acids is 2. The Hall–Kier alpha value is -1.82. The maximum absolute atomic E-state index is 12.1. The van der Waals surface area contributed by atoms with Crippen molar-refractivity contribution < 1.29 is 9.59 Å². The summed E-state index contributed by atoms with van der Waals surface area (Å²) < 4.78 is 0. The highest BCUT2D eigenvalue weighted by atomic mass is 32.1. The van der Waals surface area contributed by atoms with Crippen LogP contribution >= 0.6 is 12.2 Å². The Morgan fingerprint density at radius 1 is 1.59 bits per heavy atom. The van der Waals surface area contributed by atoms with Crippen LogP contribution in [0.25, 0.3) is 0 Å². The standard InChI is InChI=1S/C11H11N3O2S/c1-12-9(15)6-14-10(16)7-4-2-3-5-8(7)13-11(14)17/h2-5,7H,6H2,1H3,(H,12,15). The Bertz CT molecular complexity index is 479. The molecule has 0 saturated heterocycles. The summed E-state index contributed by atoms with van der Waals surface area (Å²) in [6.07, 6.45) is 7.10. The van der Waals surface area contributed by atoms with Gasteiger partial charge in [-0.2, -0.15) is 0 Å². The minimum atomic E-state index is -0.420. The molecule has 1 aliphatic carbocycles. The van der Waals surface area contributed by atoms with Gasteiger partial charge in [0.1, 0.15) is 6.54 Å². The summed E-state index contributed by atoms with van der Waals surface area (Å²) in [5.74, 6) is -0.893. The van der Waals surface area contributed by atoms with Gasteiger partial charge >= 0.3 is 0 Å². The third-order valence-electron chi connectivity index (χ3n) is 2.57. The van der Waals surface area contributed by atoms with Gasteiger partial charge in [0.05, 0.1) is 11.6 Å². The van der Waals surface area contributed by atoms with E-state index in [1.165, 1.54) is 11.9 Å². The lowest BCUT2D eigenvalue weighted by Crippen LogP contribution is -2.49. The smallest absolute Gasteiger partial charge is 0.242 e. The van der Waals surface area contributed by atoms with Crippen LogP contribution in [0.5, 0.6) is 0 Å². The van der Waals surface area contributed by atoms with E-state index in [0.29, 0.717) is 5.71 Å². The van der Waals surface area contributed by atoms with Crippen LogP contribution in [0.4, 0.5) is 0 Å². The molecule has 0 spiro atoms. The van der Waals surface area contributed by atoms with E-state index in [2.05, 4.69) is 10.3 Å². The van der Waals surface area contributed by atoms with Gasteiger partial charge in [-0.3, -0.25) is 14.5 Å². The van der Waals surface area contributed by atoms with Crippen molar-refractivity contribution in [2.24, 2.45) is 10.9 Å². The van der Waals surface area contributed by atoms with Gasteiger partial charge in [0, 0.05) is 7.05 Å². The maximum Gasteiger partial charge on any atom is 0.242 e. The lowest BCUT2D eigenvalue weighted by molar-refractivity contribution is -0.132. The number of allylic oxidation sites excluding steroid dienone is 3. The second-order valence-corrected chi connectivity index (χ2v) is 4.00. The molecule has 5 nitrogen and oxygen atoms in total. The fourth-order valence-electron chi connectivity index (χ4n) is 1.65. The molecular formula is C11H11N3O2S. The minimum absolute atomic E-state index is 0.0843. The van der Waals surface area contributed by atoms with Crippen LogP contribution in [0.15, 0.2) is 29.3 Å². The van der Waals surface area contributed by atoms with Crippen molar-refractivity contribution in [3.8, 4) is 0 Å². The van der Waals surface area contributed by atoms with E-state index in [4.69, 9.17) is 12.2 Å². The molecule has 0 aromatic heterocycles. The Morgan fingerprint density at radius 2 is 2.35 bits per heavy atom. The fraction of sp³-hybridized carbons (Fsp3) is 0.273. The lowest BCUT2D eigenvalue weighted by Gasteiger charge is -2.29. The molecule has 1 atom stereocenters. The summed E-state index contributed by atoms with van der Waals surface area (Å²) in [4.78, 5) is 28.8. The van der Waals surface area contributed by atoms with Gasteiger partial charge in [-0.15, -0.1) is 0 Å². The molecule has 88 valence electrons. The number of nitrogens with zero attached hydrogens (tertiary/aromatic N) is 2. The molecule has 6 heteroatoms. The number of amides is 2. The van der Waals surface area contributed by atoms with Gasteiger partial charge < -0.3 is 5.32 Å². The monoisotopic (exact) mass is 249 g/mol. The molecule has 0 saturated carbocycles. The lowest BCUT2D eigenvalue weighted by atomic mass is 9.95. The number of thiocarbonyl (C=S) groups is 1. The number of carbonyl (C=O) groups is 2. The van der Waals surface area contributed by atoms with Crippen molar-refractivity contribution in [1.82, 2.24) is 10.2 Å². The highest BCUT2D eigenvalue weighted by Gasteiger charge is 2.34. The number of hydrogen-bond donors (Lipinski definition) is 1. The molecule has 1 N–H and O–H groups in total. The van der Waals surface area contributed by atoms with E-state index in [1.54, 1.807) is 24.3 Å². The van der Waals surface area contributed by atoms with Crippen LogP contribution in [0, 0.1) is 5.92 Å².